The Morgan fingerprint density at radius 2 is 1.96 bits per heavy atom. The molecule has 0 atom stereocenters. The average Bonchev–Trinajstić information content (AvgIpc) is 3.12. The summed E-state index contributed by atoms with van der Waals surface area (Å²) in [5.74, 6) is -0.747. The first-order chi connectivity index (χ1) is 13.3. The number of nitro benzene ring substituents is 1. The molecule has 10 heteroatoms. The van der Waals surface area contributed by atoms with E-state index < -0.39 is 10.8 Å². The van der Waals surface area contributed by atoms with Crippen LogP contribution < -0.4 is 10.6 Å². The van der Waals surface area contributed by atoms with Gasteiger partial charge in [-0.15, -0.1) is 11.3 Å². The summed E-state index contributed by atoms with van der Waals surface area (Å²) in [5.41, 5.74) is 0.815. The zero-order valence-electron chi connectivity index (χ0n) is 14.0. The Balaban J connectivity index is 1.87. The molecular formula is C18H10ClN3O4S2. The molecule has 1 aromatic heterocycles. The number of rotatable bonds is 4. The molecule has 7 nitrogen and oxygen atoms in total. The van der Waals surface area contributed by atoms with E-state index in [-0.39, 0.29) is 22.0 Å². The van der Waals surface area contributed by atoms with Crippen molar-refractivity contribution in [3.63, 3.8) is 0 Å². The molecule has 1 N–H and O–H groups in total. The summed E-state index contributed by atoms with van der Waals surface area (Å²) in [6, 6.07) is 11.1. The van der Waals surface area contributed by atoms with E-state index in [0.717, 1.165) is 16.9 Å². The van der Waals surface area contributed by atoms with Crippen LogP contribution in [0.3, 0.4) is 0 Å². The second-order valence-corrected chi connectivity index (χ2v) is 8.06. The predicted octanol–water partition coefficient (Wildman–Crippen LogP) is 2.95. The van der Waals surface area contributed by atoms with Gasteiger partial charge in [-0.25, -0.2) is 4.99 Å². The molecule has 0 unspecified atom stereocenters. The van der Waals surface area contributed by atoms with E-state index in [1.165, 1.54) is 22.8 Å². The number of hydrogen-bond donors (Lipinski definition) is 1. The summed E-state index contributed by atoms with van der Waals surface area (Å²) in [5, 5.41) is 23.1. The summed E-state index contributed by atoms with van der Waals surface area (Å²) < 4.78 is 1.86. The Morgan fingerprint density at radius 1 is 1.25 bits per heavy atom. The summed E-state index contributed by atoms with van der Waals surface area (Å²) in [4.78, 5) is 27.1. The number of fused-ring (bicyclic) bond motifs is 1. The maximum absolute atomic E-state index is 12.4. The number of amides is 1. The van der Waals surface area contributed by atoms with Crippen molar-refractivity contribution >= 4 is 52.3 Å². The molecule has 28 heavy (non-hydrogen) atoms. The number of non-ortho nitro benzene ring substituents is 1. The second kappa shape index (κ2) is 6.93. The van der Waals surface area contributed by atoms with Crippen LogP contribution in [0.2, 0.25) is 5.02 Å². The van der Waals surface area contributed by atoms with Crippen LogP contribution in [0.1, 0.15) is 10.4 Å². The number of carbonyl (C=O) groups is 1. The van der Waals surface area contributed by atoms with Crippen LogP contribution in [0.15, 0.2) is 47.5 Å². The highest BCUT2D eigenvalue weighted by molar-refractivity contribution is 7.73. The van der Waals surface area contributed by atoms with Gasteiger partial charge in [0.25, 0.3) is 11.6 Å². The molecule has 0 bridgehead atoms. The Labute approximate surface area is 171 Å². The molecule has 0 saturated heterocycles. The number of aromatic nitrogens is 1. The summed E-state index contributed by atoms with van der Waals surface area (Å²) in [7, 11) is 0. The Kier molecular flexibility index (Phi) is 4.58. The van der Waals surface area contributed by atoms with Gasteiger partial charge in [-0.05, 0) is 36.0 Å². The smallest absolute Gasteiger partial charge is 0.279 e. The molecule has 2 aromatic carbocycles. The molecule has 0 fully saturated rings. The first-order valence-electron chi connectivity index (χ1n) is 7.94. The Hall–Kier alpha value is -2.88. The van der Waals surface area contributed by atoms with Gasteiger partial charge >= 0.3 is 0 Å². The number of benzene rings is 2. The molecular weight excluding hydrogens is 422 g/mol. The lowest BCUT2D eigenvalue weighted by Gasteiger charge is -2.06. The third-order valence-corrected chi connectivity index (χ3v) is 5.95. The fourth-order valence-corrected chi connectivity index (χ4v) is 4.37. The van der Waals surface area contributed by atoms with Gasteiger partial charge in [-0.3, -0.25) is 19.5 Å². The van der Waals surface area contributed by atoms with Crippen molar-refractivity contribution in [2.24, 2.45) is 4.99 Å². The van der Waals surface area contributed by atoms with Gasteiger partial charge in [0, 0.05) is 22.4 Å². The lowest BCUT2D eigenvalue weighted by molar-refractivity contribution is -0.385. The molecule has 4 rings (SSSR count). The lowest BCUT2D eigenvalue weighted by atomic mass is 10.1. The van der Waals surface area contributed by atoms with Crippen molar-refractivity contribution in [1.82, 2.24) is 4.57 Å². The highest BCUT2D eigenvalue weighted by atomic mass is 35.5. The van der Waals surface area contributed by atoms with E-state index in [1.54, 1.807) is 12.1 Å². The predicted molar refractivity (Wildman–Crippen MR) is 107 cm³/mol. The minimum absolute atomic E-state index is 0.113. The number of nitrogens with zero attached hydrogens (tertiary/aromatic N) is 3. The van der Waals surface area contributed by atoms with Crippen LogP contribution in [0, 0.1) is 14.1 Å². The van der Waals surface area contributed by atoms with Crippen molar-refractivity contribution in [1.29, 1.82) is 0 Å². The van der Waals surface area contributed by atoms with Gasteiger partial charge in [-0.2, -0.15) is 0 Å². The maximum atomic E-state index is 12.4. The average molecular weight is 432 g/mol. The number of carbonyl (C=O) groups excluding carboxylic acids is 1. The van der Waals surface area contributed by atoms with Crippen LogP contribution in [-0.4, -0.2) is 20.5 Å². The van der Waals surface area contributed by atoms with E-state index >= 15 is 0 Å². The highest BCUT2D eigenvalue weighted by Crippen LogP contribution is 2.33. The zero-order valence-corrected chi connectivity index (χ0v) is 16.3. The number of nitro groups is 1. The largest absolute Gasteiger partial charge is 0.493 e. The van der Waals surface area contributed by atoms with Gasteiger partial charge < -0.3 is 5.11 Å². The van der Waals surface area contributed by atoms with Gasteiger partial charge in [0.1, 0.15) is 4.88 Å². The molecule has 0 spiro atoms. The summed E-state index contributed by atoms with van der Waals surface area (Å²) in [6.07, 6.45) is 0. The number of halogens is 1. The topological polar surface area (TPSA) is 97.7 Å². The monoisotopic (exact) mass is 431 g/mol. The fourth-order valence-electron chi connectivity index (χ4n) is 2.91. The van der Waals surface area contributed by atoms with Crippen molar-refractivity contribution in [3.05, 3.63) is 82.6 Å². The fraction of sp³-hybridized carbons (Fsp3) is 0.0556. The number of aromatic hydroxyl groups is 1. The molecule has 140 valence electrons. The quantitative estimate of drug-likeness (QED) is 0.389. The van der Waals surface area contributed by atoms with Gasteiger partial charge in [0.2, 0.25) is 5.88 Å². The van der Waals surface area contributed by atoms with Crippen molar-refractivity contribution < 1.29 is 14.8 Å². The Morgan fingerprint density at radius 3 is 2.64 bits per heavy atom. The van der Waals surface area contributed by atoms with E-state index in [9.17, 15) is 20.0 Å². The minimum atomic E-state index is -0.569. The zero-order chi connectivity index (χ0) is 20.0. The molecule has 2 heterocycles. The molecule has 0 radical (unpaired) electrons. The highest BCUT2D eigenvalue weighted by Gasteiger charge is 2.26. The third-order valence-electron chi connectivity index (χ3n) is 4.25. The van der Waals surface area contributed by atoms with Gasteiger partial charge in [0.05, 0.1) is 22.4 Å². The van der Waals surface area contributed by atoms with E-state index in [1.807, 2.05) is 12.1 Å². The minimum Gasteiger partial charge on any atom is -0.493 e. The van der Waals surface area contributed by atoms with Crippen LogP contribution >= 0.6 is 35.2 Å². The van der Waals surface area contributed by atoms with E-state index in [2.05, 4.69) is 4.99 Å². The lowest BCUT2D eigenvalue weighted by Crippen LogP contribution is -2.23. The molecule has 1 aliphatic rings. The van der Waals surface area contributed by atoms with Gasteiger partial charge in [0.15, 0.2) is 3.95 Å². The van der Waals surface area contributed by atoms with Crippen molar-refractivity contribution in [2.75, 3.05) is 0 Å². The first-order valence-corrected chi connectivity index (χ1v) is 9.54. The summed E-state index contributed by atoms with van der Waals surface area (Å²) >= 11 is 12.3. The van der Waals surface area contributed by atoms with Crippen LogP contribution in [-0.2, 0) is 11.3 Å². The van der Waals surface area contributed by atoms with E-state index in [0.29, 0.717) is 26.1 Å². The standard InChI is InChI=1S/C18H10ClN3O4S2/c19-10-3-1-9(2-4-10)8-21-17(24)15(28-18(21)27)14-12-7-11(22(25)26)5-6-13(12)20-16(14)23/h1-7,24H,8H2. The van der Waals surface area contributed by atoms with Crippen LogP contribution in [0.25, 0.3) is 5.57 Å². The first kappa shape index (κ1) is 18.5. The molecule has 1 amide bonds. The normalized spacial score (nSPS) is 12.8. The number of hydrogen-bond acceptors (Lipinski definition) is 6. The molecule has 0 aliphatic carbocycles. The van der Waals surface area contributed by atoms with Crippen molar-refractivity contribution in [3.8, 4) is 5.88 Å². The molecule has 1 aliphatic heterocycles. The molecule has 0 saturated carbocycles. The second-order valence-electron chi connectivity index (χ2n) is 5.98. The summed E-state index contributed by atoms with van der Waals surface area (Å²) in [6.45, 7) is 0.290. The molecule has 3 aromatic rings. The Bertz CT molecular complexity index is 1330. The third kappa shape index (κ3) is 3.13. The van der Waals surface area contributed by atoms with Crippen molar-refractivity contribution in [2.45, 2.75) is 6.54 Å². The van der Waals surface area contributed by atoms with Gasteiger partial charge in [-0.1, -0.05) is 23.7 Å². The van der Waals surface area contributed by atoms with E-state index in [4.69, 9.17) is 23.8 Å². The van der Waals surface area contributed by atoms with Crippen LogP contribution in [0.5, 0.6) is 5.88 Å². The maximum Gasteiger partial charge on any atom is 0.279 e. The van der Waals surface area contributed by atoms with Crippen LogP contribution in [0.4, 0.5) is 5.69 Å². The SMILES string of the molecule is O=C1N=c2ccc([N+](=O)[O-])cc2=C1c1sc(=S)n(Cc2ccc(Cl)cc2)c1O. The number of thiazole rings is 1.